The van der Waals surface area contributed by atoms with E-state index in [9.17, 15) is 14.4 Å². The summed E-state index contributed by atoms with van der Waals surface area (Å²) in [4.78, 5) is 43.0. The largest absolute Gasteiger partial charge is 0.376 e. The molecule has 4 heterocycles. The Bertz CT molecular complexity index is 1130. The van der Waals surface area contributed by atoms with Gasteiger partial charge in [-0.05, 0) is 50.3 Å². The minimum absolute atomic E-state index is 0.101. The van der Waals surface area contributed by atoms with Gasteiger partial charge in [0.25, 0.3) is 0 Å². The van der Waals surface area contributed by atoms with Gasteiger partial charge in [0.15, 0.2) is 0 Å². The van der Waals surface area contributed by atoms with Gasteiger partial charge in [0.1, 0.15) is 11.6 Å². The molecule has 2 bridgehead atoms. The molecule has 1 aromatic carbocycles. The molecule has 0 radical (unpaired) electrons. The lowest BCUT2D eigenvalue weighted by Gasteiger charge is -2.34. The van der Waals surface area contributed by atoms with Crippen LogP contribution in [0.15, 0.2) is 30.4 Å². The van der Waals surface area contributed by atoms with Crippen LogP contribution in [-0.4, -0.2) is 65.7 Å². The molecule has 6 atom stereocenters. The van der Waals surface area contributed by atoms with Crippen molar-refractivity contribution in [1.82, 2.24) is 10.2 Å². The number of rotatable bonds is 6. The third-order valence-corrected chi connectivity index (χ3v) is 9.15. The Balaban J connectivity index is 1.29. The number of anilines is 1. The molecule has 4 aliphatic heterocycles. The summed E-state index contributed by atoms with van der Waals surface area (Å²) in [5.41, 5.74) is 0.313. The molecule has 1 saturated carbocycles. The van der Waals surface area contributed by atoms with Crippen molar-refractivity contribution in [2.75, 3.05) is 18.5 Å². The first-order valence-corrected chi connectivity index (χ1v) is 13.9. The molecule has 3 saturated heterocycles. The monoisotopic (exact) mass is 527 g/mol. The highest BCUT2D eigenvalue weighted by Crippen LogP contribution is 2.55. The van der Waals surface area contributed by atoms with E-state index in [0.717, 1.165) is 44.1 Å². The Kier molecular flexibility index (Phi) is 6.53. The number of nitrogens with one attached hydrogen (secondary N) is 2. The van der Waals surface area contributed by atoms with Gasteiger partial charge >= 0.3 is 0 Å². The topological polar surface area (TPSA) is 97.0 Å². The second kappa shape index (κ2) is 9.71. The Hall–Kier alpha value is -2.42. The van der Waals surface area contributed by atoms with E-state index in [-0.39, 0.29) is 29.9 Å². The molecule has 3 amide bonds. The summed E-state index contributed by atoms with van der Waals surface area (Å²) in [5.74, 6) is -2.23. The minimum Gasteiger partial charge on any atom is -0.376 e. The van der Waals surface area contributed by atoms with Crippen molar-refractivity contribution in [2.24, 2.45) is 11.8 Å². The summed E-state index contributed by atoms with van der Waals surface area (Å²) in [6.07, 6.45) is 10.0. The number of ether oxygens (including phenoxy) is 2. The van der Waals surface area contributed by atoms with Crippen molar-refractivity contribution in [3.63, 3.8) is 0 Å². The normalized spacial score (nSPS) is 34.7. The molecule has 1 aromatic rings. The van der Waals surface area contributed by atoms with E-state index in [2.05, 4.69) is 10.6 Å². The maximum atomic E-state index is 14.0. The molecule has 0 unspecified atom stereocenters. The predicted molar refractivity (Wildman–Crippen MR) is 138 cm³/mol. The van der Waals surface area contributed by atoms with Crippen molar-refractivity contribution in [1.29, 1.82) is 0 Å². The second-order valence-corrected chi connectivity index (χ2v) is 11.5. The minimum atomic E-state index is -1.16. The fourth-order valence-corrected chi connectivity index (χ4v) is 7.08. The van der Waals surface area contributed by atoms with E-state index in [1.165, 1.54) is 6.42 Å². The zero-order chi connectivity index (χ0) is 25.7. The van der Waals surface area contributed by atoms with Crippen LogP contribution in [0.4, 0.5) is 5.69 Å². The first-order chi connectivity index (χ1) is 17.9. The van der Waals surface area contributed by atoms with Crippen LogP contribution in [-0.2, 0) is 23.9 Å². The molecule has 198 valence electrons. The van der Waals surface area contributed by atoms with Crippen molar-refractivity contribution >= 4 is 35.0 Å². The molecule has 37 heavy (non-hydrogen) atoms. The van der Waals surface area contributed by atoms with Crippen LogP contribution in [0.25, 0.3) is 0 Å². The van der Waals surface area contributed by atoms with E-state index in [4.69, 9.17) is 21.1 Å². The van der Waals surface area contributed by atoms with Gasteiger partial charge in [-0.1, -0.05) is 49.1 Å². The van der Waals surface area contributed by atoms with Gasteiger partial charge in [0.05, 0.1) is 24.0 Å². The summed E-state index contributed by atoms with van der Waals surface area (Å²) in [5, 5.41) is 6.70. The van der Waals surface area contributed by atoms with E-state index in [0.29, 0.717) is 23.9 Å². The average molecular weight is 528 g/mol. The summed E-state index contributed by atoms with van der Waals surface area (Å²) in [6, 6.07) is 4.61. The van der Waals surface area contributed by atoms with Crippen LogP contribution in [0.3, 0.4) is 0 Å². The number of benzene rings is 1. The van der Waals surface area contributed by atoms with Crippen LogP contribution in [0.5, 0.6) is 0 Å². The maximum absolute atomic E-state index is 14.0. The molecular weight excluding hydrogens is 494 g/mol. The molecular formula is C28H34ClN3O5. The smallest absolute Gasteiger partial charge is 0.246 e. The van der Waals surface area contributed by atoms with Crippen molar-refractivity contribution < 1.29 is 23.9 Å². The van der Waals surface area contributed by atoms with Crippen LogP contribution >= 0.6 is 11.6 Å². The number of fused-ring (bicyclic) bond motifs is 1. The molecule has 5 aliphatic rings. The van der Waals surface area contributed by atoms with Crippen LogP contribution in [0.1, 0.15) is 50.5 Å². The van der Waals surface area contributed by atoms with Gasteiger partial charge in [-0.3, -0.25) is 14.4 Å². The number of hydrogen-bond donors (Lipinski definition) is 2. The number of nitrogens with zero attached hydrogens (tertiary/aromatic N) is 1. The molecule has 2 N–H and O–H groups in total. The van der Waals surface area contributed by atoms with E-state index < -0.39 is 29.6 Å². The molecule has 6 rings (SSSR count). The molecule has 8 nitrogen and oxygen atoms in total. The van der Waals surface area contributed by atoms with Crippen molar-refractivity contribution in [3.8, 4) is 0 Å². The highest BCUT2D eigenvalue weighted by atomic mass is 35.5. The zero-order valence-corrected chi connectivity index (χ0v) is 21.8. The number of likely N-dealkylation sites (tertiary alicyclic amines) is 1. The van der Waals surface area contributed by atoms with E-state index >= 15 is 0 Å². The van der Waals surface area contributed by atoms with Crippen LogP contribution in [0, 0.1) is 18.8 Å². The lowest BCUT2D eigenvalue weighted by Crippen LogP contribution is -2.57. The first kappa shape index (κ1) is 24.9. The van der Waals surface area contributed by atoms with Crippen molar-refractivity contribution in [2.45, 2.75) is 81.8 Å². The fourth-order valence-electron chi connectivity index (χ4n) is 6.89. The number of amides is 3. The van der Waals surface area contributed by atoms with Gasteiger partial charge in [0, 0.05) is 29.9 Å². The molecule has 1 aliphatic carbocycles. The van der Waals surface area contributed by atoms with Gasteiger partial charge in [0.2, 0.25) is 17.7 Å². The first-order valence-electron chi connectivity index (χ1n) is 13.5. The van der Waals surface area contributed by atoms with Gasteiger partial charge in [-0.2, -0.15) is 0 Å². The molecule has 1 spiro atoms. The lowest BCUT2D eigenvalue weighted by molar-refractivity contribution is -0.143. The fraction of sp³-hybridized carbons (Fsp3) is 0.607. The molecule has 4 fully saturated rings. The molecule has 9 heteroatoms. The highest BCUT2D eigenvalue weighted by molar-refractivity contribution is 6.31. The Morgan fingerprint density at radius 2 is 1.95 bits per heavy atom. The number of carbonyl (C=O) groups is 3. The average Bonchev–Trinajstić information content (AvgIpc) is 3.65. The lowest BCUT2D eigenvalue weighted by atomic mass is 9.74. The highest BCUT2D eigenvalue weighted by Gasteiger charge is 2.73. The van der Waals surface area contributed by atoms with Gasteiger partial charge < -0.3 is 25.0 Å². The van der Waals surface area contributed by atoms with Gasteiger partial charge in [-0.25, -0.2) is 0 Å². The van der Waals surface area contributed by atoms with Crippen LogP contribution < -0.4 is 10.6 Å². The predicted octanol–water partition coefficient (Wildman–Crippen LogP) is 3.37. The van der Waals surface area contributed by atoms with E-state index in [1.807, 2.05) is 25.1 Å². The summed E-state index contributed by atoms with van der Waals surface area (Å²) in [7, 11) is 0. The second-order valence-electron chi connectivity index (χ2n) is 11.1. The number of halogens is 1. The third kappa shape index (κ3) is 4.27. The zero-order valence-electron chi connectivity index (χ0n) is 21.1. The SMILES string of the molecule is Cc1ccc(NC(=O)[C@H]2[C@H]3C=C[C@]4(O3)[C@H](C(=O)NC3CCCCC3)N(C[C@H]3CCCO3)C(=O)[C@@H]24)cc1Cl. The molecule has 0 aromatic heterocycles. The number of hydrogen-bond acceptors (Lipinski definition) is 5. The maximum Gasteiger partial charge on any atom is 0.246 e. The summed E-state index contributed by atoms with van der Waals surface area (Å²) in [6.45, 7) is 2.87. The quantitative estimate of drug-likeness (QED) is 0.553. The Morgan fingerprint density at radius 1 is 1.14 bits per heavy atom. The standard InChI is InChI=1S/C28H34ClN3O5/c1-16-9-10-18(14-20(16)29)31-25(33)22-21-11-12-28(37-21)23(22)27(35)32(15-19-8-5-13-36-19)24(28)26(34)30-17-6-3-2-4-7-17/h9-12,14,17,19,21-24H,2-8,13,15H2,1H3,(H,30,34)(H,31,33)/t19-,21-,22+,23-,24+,28-/m1/s1. The van der Waals surface area contributed by atoms with Crippen LogP contribution in [0.2, 0.25) is 5.02 Å². The Labute approximate surface area is 222 Å². The van der Waals surface area contributed by atoms with Gasteiger partial charge in [-0.15, -0.1) is 0 Å². The Morgan fingerprint density at radius 3 is 2.68 bits per heavy atom. The summed E-state index contributed by atoms with van der Waals surface area (Å²) < 4.78 is 12.3. The number of carbonyl (C=O) groups excluding carboxylic acids is 3. The van der Waals surface area contributed by atoms with Crippen molar-refractivity contribution in [3.05, 3.63) is 40.9 Å². The third-order valence-electron chi connectivity index (χ3n) is 8.74. The van der Waals surface area contributed by atoms with E-state index in [1.54, 1.807) is 17.0 Å². The summed E-state index contributed by atoms with van der Waals surface area (Å²) >= 11 is 6.26. The number of aryl methyl sites for hydroxylation is 1.